The van der Waals surface area contributed by atoms with Gasteiger partial charge in [0.15, 0.2) is 5.82 Å². The molecule has 0 aliphatic carbocycles. The van der Waals surface area contributed by atoms with Crippen LogP contribution in [0.4, 0.5) is 10.1 Å². The Kier molecular flexibility index (Phi) is 4.00. The zero-order valence-electron chi connectivity index (χ0n) is 8.64. The van der Waals surface area contributed by atoms with Crippen LogP contribution in [-0.4, -0.2) is 19.5 Å². The van der Waals surface area contributed by atoms with Crippen LogP contribution in [0.2, 0.25) is 0 Å². The van der Waals surface area contributed by atoms with Gasteiger partial charge >= 0.3 is 12.4 Å². The van der Waals surface area contributed by atoms with Gasteiger partial charge in [-0.25, -0.2) is 9.18 Å². The number of ether oxygens (including phenoxy) is 1. The smallest absolute Gasteiger partial charge is 0.347 e. The fraction of sp³-hybridized carbons (Fsp3) is 0.200. The third-order valence-corrected chi connectivity index (χ3v) is 2.99. The monoisotopic (exact) mass is 289 g/mol. The molecule has 1 aromatic rings. The molecule has 0 spiro atoms. The van der Waals surface area contributed by atoms with Gasteiger partial charge in [-0.05, 0) is 34.5 Å². The summed E-state index contributed by atoms with van der Waals surface area (Å²) in [4.78, 5) is 21.4. The SMILES string of the molecule is CNc1c(C(=O)OC=O)cc(C)c(Br)c1F. The van der Waals surface area contributed by atoms with Crippen LogP contribution >= 0.6 is 15.9 Å². The summed E-state index contributed by atoms with van der Waals surface area (Å²) in [6.45, 7) is 1.64. The number of hydrogen-bond acceptors (Lipinski definition) is 4. The largest absolute Gasteiger partial charge is 0.392 e. The van der Waals surface area contributed by atoms with Gasteiger partial charge in [0.1, 0.15) is 0 Å². The van der Waals surface area contributed by atoms with Crippen molar-refractivity contribution < 1.29 is 18.7 Å². The highest BCUT2D eigenvalue weighted by Crippen LogP contribution is 2.30. The zero-order chi connectivity index (χ0) is 12.3. The molecule has 0 heterocycles. The highest BCUT2D eigenvalue weighted by atomic mass is 79.9. The first-order chi connectivity index (χ1) is 7.52. The molecule has 0 aliphatic rings. The molecular formula is C10H9BrFNO3. The number of carbonyl (C=O) groups excluding carboxylic acids is 2. The normalized spacial score (nSPS) is 9.75. The second-order valence-electron chi connectivity index (χ2n) is 3.00. The minimum absolute atomic E-state index is 0.00988. The van der Waals surface area contributed by atoms with Gasteiger partial charge in [0.05, 0.1) is 15.7 Å². The fourth-order valence-corrected chi connectivity index (χ4v) is 1.58. The zero-order valence-corrected chi connectivity index (χ0v) is 10.2. The van der Waals surface area contributed by atoms with Crippen LogP contribution in [-0.2, 0) is 9.53 Å². The Bertz CT molecular complexity index is 448. The van der Waals surface area contributed by atoms with Crippen molar-refractivity contribution in [3.05, 3.63) is 27.5 Å². The number of carbonyl (C=O) groups is 2. The molecule has 0 amide bonds. The number of anilines is 1. The molecule has 0 aliphatic heterocycles. The van der Waals surface area contributed by atoms with E-state index in [0.717, 1.165) is 0 Å². The minimum atomic E-state index is -0.895. The van der Waals surface area contributed by atoms with Gasteiger partial charge in [0.25, 0.3) is 0 Å². The second-order valence-corrected chi connectivity index (χ2v) is 3.79. The highest BCUT2D eigenvalue weighted by molar-refractivity contribution is 9.10. The molecule has 0 aromatic heterocycles. The first kappa shape index (κ1) is 12.6. The van der Waals surface area contributed by atoms with E-state index in [4.69, 9.17) is 0 Å². The lowest BCUT2D eigenvalue weighted by Crippen LogP contribution is -2.10. The third-order valence-electron chi connectivity index (χ3n) is 2.01. The standard InChI is InChI=1S/C10H9BrFNO3/c1-5-3-6(10(15)16-4-14)9(13-2)8(12)7(5)11/h3-4,13H,1-2H3. The molecule has 6 heteroatoms. The van der Waals surface area contributed by atoms with E-state index in [1.165, 1.54) is 13.1 Å². The number of rotatable bonds is 3. The summed E-state index contributed by atoms with van der Waals surface area (Å²) in [5.74, 6) is -1.49. The predicted octanol–water partition coefficient (Wildman–Crippen LogP) is 2.25. The third kappa shape index (κ3) is 2.21. The van der Waals surface area contributed by atoms with E-state index in [0.29, 0.717) is 5.56 Å². The van der Waals surface area contributed by atoms with E-state index in [1.807, 2.05) is 0 Å². The van der Waals surface area contributed by atoms with E-state index in [-0.39, 0.29) is 22.2 Å². The number of halogens is 2. The minimum Gasteiger partial charge on any atom is -0.392 e. The Hall–Kier alpha value is -1.43. The first-order valence-electron chi connectivity index (χ1n) is 4.33. The molecule has 16 heavy (non-hydrogen) atoms. The Morgan fingerprint density at radius 1 is 1.62 bits per heavy atom. The fourth-order valence-electron chi connectivity index (χ4n) is 1.27. The van der Waals surface area contributed by atoms with Crippen molar-refractivity contribution in [2.24, 2.45) is 0 Å². The van der Waals surface area contributed by atoms with Crippen LogP contribution in [0.15, 0.2) is 10.5 Å². The van der Waals surface area contributed by atoms with Gasteiger partial charge < -0.3 is 10.1 Å². The van der Waals surface area contributed by atoms with Gasteiger partial charge in [0, 0.05) is 7.05 Å². The molecule has 1 N–H and O–H groups in total. The van der Waals surface area contributed by atoms with Crippen molar-refractivity contribution in [1.82, 2.24) is 0 Å². The molecule has 0 atom stereocenters. The number of esters is 1. The van der Waals surface area contributed by atoms with Gasteiger partial charge in [-0.3, -0.25) is 4.79 Å². The van der Waals surface area contributed by atoms with Crippen LogP contribution in [0.3, 0.4) is 0 Å². The number of hydrogen-bond donors (Lipinski definition) is 1. The van der Waals surface area contributed by atoms with Crippen molar-refractivity contribution in [2.75, 3.05) is 12.4 Å². The summed E-state index contributed by atoms with van der Waals surface area (Å²) in [6, 6.07) is 1.44. The van der Waals surface area contributed by atoms with Crippen molar-refractivity contribution in [2.45, 2.75) is 6.92 Å². The van der Waals surface area contributed by atoms with Crippen LogP contribution in [0, 0.1) is 12.7 Å². The number of aryl methyl sites for hydroxylation is 1. The molecule has 86 valence electrons. The maximum atomic E-state index is 13.7. The summed E-state index contributed by atoms with van der Waals surface area (Å²) in [5, 5.41) is 2.55. The Morgan fingerprint density at radius 3 is 2.75 bits per heavy atom. The van der Waals surface area contributed by atoms with E-state index in [1.54, 1.807) is 6.92 Å². The lowest BCUT2D eigenvalue weighted by molar-refractivity contribution is -0.123. The van der Waals surface area contributed by atoms with Crippen molar-refractivity contribution in [3.63, 3.8) is 0 Å². The maximum absolute atomic E-state index is 13.7. The van der Waals surface area contributed by atoms with Gasteiger partial charge in [-0.15, -0.1) is 0 Å². The molecule has 4 nitrogen and oxygen atoms in total. The van der Waals surface area contributed by atoms with Crippen LogP contribution in [0.25, 0.3) is 0 Å². The Labute approximate surface area is 99.9 Å². The molecule has 0 fully saturated rings. The number of nitrogens with one attached hydrogen (secondary N) is 1. The van der Waals surface area contributed by atoms with Gasteiger partial charge in [0.2, 0.25) is 0 Å². The van der Waals surface area contributed by atoms with Gasteiger partial charge in [-0.2, -0.15) is 0 Å². The second kappa shape index (κ2) is 5.07. The predicted molar refractivity (Wildman–Crippen MR) is 59.9 cm³/mol. The topological polar surface area (TPSA) is 55.4 Å². The Balaban J connectivity index is 3.38. The Morgan fingerprint density at radius 2 is 2.25 bits per heavy atom. The van der Waals surface area contributed by atoms with Crippen LogP contribution in [0.1, 0.15) is 15.9 Å². The molecule has 0 bridgehead atoms. The molecule has 1 aromatic carbocycles. The first-order valence-corrected chi connectivity index (χ1v) is 5.13. The summed E-state index contributed by atoms with van der Waals surface area (Å²) < 4.78 is 18.2. The summed E-state index contributed by atoms with van der Waals surface area (Å²) in [7, 11) is 1.47. The van der Waals surface area contributed by atoms with E-state index in [9.17, 15) is 14.0 Å². The summed E-state index contributed by atoms with van der Waals surface area (Å²) >= 11 is 3.06. The van der Waals surface area contributed by atoms with E-state index < -0.39 is 11.8 Å². The maximum Gasteiger partial charge on any atom is 0.347 e. The van der Waals surface area contributed by atoms with Crippen molar-refractivity contribution in [1.29, 1.82) is 0 Å². The van der Waals surface area contributed by atoms with Crippen molar-refractivity contribution >= 4 is 34.1 Å². The van der Waals surface area contributed by atoms with E-state index >= 15 is 0 Å². The van der Waals surface area contributed by atoms with Crippen molar-refractivity contribution in [3.8, 4) is 0 Å². The van der Waals surface area contributed by atoms with E-state index in [2.05, 4.69) is 26.0 Å². The average Bonchev–Trinajstić information content (AvgIpc) is 2.26. The lowest BCUT2D eigenvalue weighted by atomic mass is 10.1. The van der Waals surface area contributed by atoms with Crippen LogP contribution in [0.5, 0.6) is 0 Å². The average molecular weight is 290 g/mol. The molecule has 0 saturated heterocycles. The van der Waals surface area contributed by atoms with Crippen LogP contribution < -0.4 is 5.32 Å². The summed E-state index contributed by atoms with van der Waals surface area (Å²) in [5.41, 5.74) is 0.506. The quantitative estimate of drug-likeness (QED) is 0.527. The lowest BCUT2D eigenvalue weighted by Gasteiger charge is -2.11. The molecule has 0 radical (unpaired) electrons. The molecule has 0 unspecified atom stereocenters. The number of benzene rings is 1. The molecular weight excluding hydrogens is 281 g/mol. The highest BCUT2D eigenvalue weighted by Gasteiger charge is 2.19. The summed E-state index contributed by atoms with van der Waals surface area (Å²) in [6.07, 6.45) is 0. The molecule has 0 saturated carbocycles. The van der Waals surface area contributed by atoms with Gasteiger partial charge in [-0.1, -0.05) is 0 Å². The molecule has 1 rings (SSSR count).